The lowest BCUT2D eigenvalue weighted by Gasteiger charge is -2.35. The minimum Gasteiger partial charge on any atom is -0.374 e. The van der Waals surface area contributed by atoms with Crippen molar-refractivity contribution in [1.82, 2.24) is 15.6 Å². The monoisotopic (exact) mass is 464 g/mol. The summed E-state index contributed by atoms with van der Waals surface area (Å²) in [6, 6.07) is 10.5. The van der Waals surface area contributed by atoms with Gasteiger partial charge in [-0.3, -0.25) is 4.79 Å². The van der Waals surface area contributed by atoms with Crippen LogP contribution in [0.15, 0.2) is 41.5 Å². The van der Waals surface area contributed by atoms with Gasteiger partial charge in [0.15, 0.2) is 5.11 Å². The van der Waals surface area contributed by atoms with Crippen molar-refractivity contribution in [3.63, 3.8) is 0 Å². The first-order valence-corrected chi connectivity index (χ1v) is 12.2. The summed E-state index contributed by atoms with van der Waals surface area (Å²) >= 11 is 5.65. The quantitative estimate of drug-likeness (QED) is 0.279. The zero-order valence-corrected chi connectivity index (χ0v) is 19.9. The number of rotatable bonds is 7. The topological polar surface area (TPSA) is 83.8 Å². The number of hydrazone groups is 1. The van der Waals surface area contributed by atoms with Crippen LogP contribution in [0.3, 0.4) is 0 Å². The number of amides is 1. The van der Waals surface area contributed by atoms with E-state index < -0.39 is 0 Å². The molecule has 2 N–H and O–H groups in total. The Morgan fingerprint density at radius 3 is 2.67 bits per heavy atom. The number of allylic oxidation sites excluding steroid dienone is 1. The molecule has 2 bridgehead atoms. The number of fused-ring (bicyclic) bond motifs is 2. The number of carbonyl (C=O) groups excluding carboxylic acids is 1. The predicted molar refractivity (Wildman–Crippen MR) is 135 cm³/mol. The fourth-order valence-electron chi connectivity index (χ4n) is 4.96. The van der Waals surface area contributed by atoms with Gasteiger partial charge in [0, 0.05) is 44.3 Å². The molecule has 1 aliphatic heterocycles. The van der Waals surface area contributed by atoms with Gasteiger partial charge < -0.3 is 15.1 Å². The lowest BCUT2D eigenvalue weighted by atomic mass is 9.96. The summed E-state index contributed by atoms with van der Waals surface area (Å²) < 4.78 is 0. The second kappa shape index (κ2) is 10.8. The molecule has 1 heterocycles. The maximum absolute atomic E-state index is 12.5. The van der Waals surface area contributed by atoms with Gasteiger partial charge >= 0.3 is 0 Å². The Bertz CT molecular complexity index is 945. The van der Waals surface area contributed by atoms with Gasteiger partial charge in [0.05, 0.1) is 18.7 Å². The van der Waals surface area contributed by atoms with Crippen molar-refractivity contribution in [1.29, 1.82) is 5.26 Å². The molecule has 0 aromatic heterocycles. The van der Waals surface area contributed by atoms with Crippen LogP contribution in [0.1, 0.15) is 37.7 Å². The van der Waals surface area contributed by atoms with Crippen LogP contribution < -0.4 is 15.6 Å². The molecule has 1 aromatic carbocycles. The van der Waals surface area contributed by atoms with Gasteiger partial charge in [-0.15, -0.1) is 0 Å². The van der Waals surface area contributed by atoms with Crippen LogP contribution in [0.5, 0.6) is 0 Å². The number of carbonyl (C=O) groups is 1. The normalized spacial score (nSPS) is 24.1. The van der Waals surface area contributed by atoms with Crippen LogP contribution in [-0.4, -0.2) is 54.9 Å². The van der Waals surface area contributed by atoms with E-state index in [9.17, 15) is 4.79 Å². The number of piperidine rings is 1. The van der Waals surface area contributed by atoms with E-state index in [2.05, 4.69) is 39.0 Å². The molecule has 0 unspecified atom stereocenters. The fourth-order valence-corrected chi connectivity index (χ4v) is 5.30. The van der Waals surface area contributed by atoms with Crippen molar-refractivity contribution in [2.45, 2.75) is 38.1 Å². The standard InChI is InChI=1S/C25H32N6OS/c1-30(12-2-11-26)22-7-4-18(5-8-22)17-27-29-24(32)20-9-13-31(14-10-20)25(33)28-23-16-19-3-6-21(23)15-19/h3-8,17,19-21,23H,2,9-10,12-16H2,1H3,(H,28,33)(H,29,32)/b27-17-/t19-,21-,23+/m0/s1. The lowest BCUT2D eigenvalue weighted by molar-refractivity contribution is -0.126. The van der Waals surface area contributed by atoms with Crippen LogP contribution in [0, 0.1) is 29.1 Å². The first kappa shape index (κ1) is 23.2. The number of hydrogen-bond donors (Lipinski definition) is 2. The third-order valence-corrected chi connectivity index (χ3v) is 7.40. The molecular weight excluding hydrogens is 432 g/mol. The van der Waals surface area contributed by atoms with Gasteiger partial charge in [-0.2, -0.15) is 10.4 Å². The number of likely N-dealkylation sites (tertiary alicyclic amines) is 1. The Labute approximate surface area is 201 Å². The van der Waals surface area contributed by atoms with E-state index in [1.54, 1.807) is 6.21 Å². The van der Waals surface area contributed by atoms with Crippen molar-refractivity contribution < 1.29 is 4.79 Å². The minimum absolute atomic E-state index is 0.0316. The number of nitriles is 1. The van der Waals surface area contributed by atoms with Gasteiger partial charge in [-0.05, 0) is 67.4 Å². The average Bonchev–Trinajstić information content (AvgIpc) is 3.46. The summed E-state index contributed by atoms with van der Waals surface area (Å²) in [6.45, 7) is 2.29. The molecule has 0 radical (unpaired) electrons. The Morgan fingerprint density at radius 1 is 1.27 bits per heavy atom. The van der Waals surface area contributed by atoms with Gasteiger partial charge in [0.1, 0.15) is 0 Å². The molecule has 3 atom stereocenters. The maximum Gasteiger partial charge on any atom is 0.243 e. The molecule has 1 saturated heterocycles. The molecule has 1 amide bonds. The molecule has 33 heavy (non-hydrogen) atoms. The van der Waals surface area contributed by atoms with E-state index >= 15 is 0 Å². The molecule has 4 rings (SSSR count). The second-order valence-corrected chi connectivity index (χ2v) is 9.64. The summed E-state index contributed by atoms with van der Waals surface area (Å²) in [6.07, 6.45) is 10.8. The molecule has 1 aromatic rings. The van der Waals surface area contributed by atoms with E-state index in [1.807, 2.05) is 36.2 Å². The van der Waals surface area contributed by atoms with E-state index in [4.69, 9.17) is 17.5 Å². The Morgan fingerprint density at radius 2 is 2.03 bits per heavy atom. The van der Waals surface area contributed by atoms with Crippen LogP contribution in [0.25, 0.3) is 0 Å². The largest absolute Gasteiger partial charge is 0.374 e. The Kier molecular flexibility index (Phi) is 7.61. The van der Waals surface area contributed by atoms with Crippen LogP contribution >= 0.6 is 12.2 Å². The van der Waals surface area contributed by atoms with E-state index in [1.165, 1.54) is 12.8 Å². The molecular formula is C25H32N6OS. The fraction of sp³-hybridized carbons (Fsp3) is 0.520. The van der Waals surface area contributed by atoms with Crippen molar-refractivity contribution >= 4 is 35.1 Å². The number of nitrogens with one attached hydrogen (secondary N) is 2. The highest BCUT2D eigenvalue weighted by Crippen LogP contribution is 2.39. The molecule has 7 nitrogen and oxygen atoms in total. The number of hydrogen-bond acceptors (Lipinski definition) is 5. The maximum atomic E-state index is 12.5. The third-order valence-electron chi connectivity index (χ3n) is 7.02. The summed E-state index contributed by atoms with van der Waals surface area (Å²) in [5, 5.41) is 17.2. The van der Waals surface area contributed by atoms with Gasteiger partial charge in [-0.1, -0.05) is 24.3 Å². The van der Waals surface area contributed by atoms with Crippen molar-refractivity contribution in [3.8, 4) is 6.07 Å². The predicted octanol–water partition coefficient (Wildman–Crippen LogP) is 3.04. The summed E-state index contributed by atoms with van der Waals surface area (Å²) in [7, 11) is 1.96. The lowest BCUT2D eigenvalue weighted by Crippen LogP contribution is -2.49. The summed E-state index contributed by atoms with van der Waals surface area (Å²) in [5.74, 6) is 1.27. The zero-order valence-electron chi connectivity index (χ0n) is 19.1. The molecule has 2 fully saturated rings. The van der Waals surface area contributed by atoms with Crippen LogP contribution in [-0.2, 0) is 4.79 Å². The number of thiocarbonyl (C=S) groups is 1. The first-order valence-electron chi connectivity index (χ1n) is 11.8. The van der Waals surface area contributed by atoms with Gasteiger partial charge in [0.2, 0.25) is 5.91 Å². The van der Waals surface area contributed by atoms with Gasteiger partial charge in [0.25, 0.3) is 0 Å². The van der Waals surface area contributed by atoms with Gasteiger partial charge in [-0.25, -0.2) is 5.43 Å². The molecule has 0 spiro atoms. The molecule has 1 saturated carbocycles. The number of anilines is 1. The van der Waals surface area contributed by atoms with Crippen molar-refractivity contribution in [2.24, 2.45) is 22.9 Å². The highest BCUT2D eigenvalue weighted by molar-refractivity contribution is 7.80. The number of nitrogens with zero attached hydrogens (tertiary/aromatic N) is 4. The highest BCUT2D eigenvalue weighted by atomic mass is 32.1. The van der Waals surface area contributed by atoms with E-state index in [0.717, 1.165) is 48.2 Å². The van der Waals surface area contributed by atoms with Crippen molar-refractivity contribution in [3.05, 3.63) is 42.0 Å². The Balaban J connectivity index is 1.18. The summed E-state index contributed by atoms with van der Waals surface area (Å²) in [5.41, 5.74) is 4.65. The Hall–Kier alpha value is -2.92. The van der Waals surface area contributed by atoms with E-state index in [0.29, 0.717) is 24.9 Å². The highest BCUT2D eigenvalue weighted by Gasteiger charge is 2.36. The van der Waals surface area contributed by atoms with Crippen LogP contribution in [0.4, 0.5) is 5.69 Å². The molecule has 174 valence electrons. The first-order chi connectivity index (χ1) is 16.0. The molecule has 2 aliphatic carbocycles. The molecule has 3 aliphatic rings. The van der Waals surface area contributed by atoms with E-state index in [-0.39, 0.29) is 11.8 Å². The van der Waals surface area contributed by atoms with Crippen LogP contribution in [0.2, 0.25) is 0 Å². The summed E-state index contributed by atoms with van der Waals surface area (Å²) in [4.78, 5) is 16.8. The average molecular weight is 465 g/mol. The SMILES string of the molecule is CN(CCC#N)c1ccc(/C=N\NC(=O)C2CCN(C(=S)N[C@@H]3C[C@H]4C=C[C@H]3C4)CC2)cc1. The van der Waals surface area contributed by atoms with Crippen molar-refractivity contribution in [2.75, 3.05) is 31.6 Å². The minimum atomic E-state index is -0.0391. The smallest absolute Gasteiger partial charge is 0.243 e. The zero-order chi connectivity index (χ0) is 23.2. The number of benzene rings is 1. The molecule has 8 heteroatoms. The third kappa shape index (κ3) is 5.91. The second-order valence-electron chi connectivity index (χ2n) is 9.25.